The van der Waals surface area contributed by atoms with Crippen LogP contribution in [0.5, 0.6) is 0 Å². The molecule has 1 saturated heterocycles. The largest absolute Gasteiger partial charge is 0.366 e. The molecule has 2 amide bonds. The van der Waals surface area contributed by atoms with E-state index in [1.807, 2.05) is 22.4 Å². The number of amides is 2. The van der Waals surface area contributed by atoms with Gasteiger partial charge in [-0.3, -0.25) is 9.59 Å². The Labute approximate surface area is 150 Å². The molecule has 0 radical (unpaired) electrons. The van der Waals surface area contributed by atoms with Crippen LogP contribution in [-0.4, -0.2) is 49.4 Å². The van der Waals surface area contributed by atoms with Crippen molar-refractivity contribution < 1.29 is 14.0 Å². The van der Waals surface area contributed by atoms with Crippen molar-refractivity contribution in [1.82, 2.24) is 10.2 Å². The van der Waals surface area contributed by atoms with E-state index in [1.54, 1.807) is 23.1 Å². The van der Waals surface area contributed by atoms with Crippen LogP contribution in [0.3, 0.4) is 0 Å². The van der Waals surface area contributed by atoms with Crippen LogP contribution in [0.2, 0.25) is 0 Å². The number of thiophene rings is 1. The molecule has 0 aliphatic carbocycles. The van der Waals surface area contributed by atoms with E-state index in [1.165, 1.54) is 17.4 Å². The second-order valence-corrected chi connectivity index (χ2v) is 6.75. The molecule has 5 nitrogen and oxygen atoms in total. The molecule has 1 aliphatic rings. The van der Waals surface area contributed by atoms with Crippen molar-refractivity contribution in [1.29, 1.82) is 0 Å². The maximum absolute atomic E-state index is 13.8. The molecule has 1 aliphatic heterocycles. The molecule has 0 saturated carbocycles. The fraction of sp³-hybridized carbons (Fsp3) is 0.333. The zero-order valence-electron chi connectivity index (χ0n) is 13.8. The SMILES string of the molecule is O=C(NCCC(=O)N1CCN(c2ccccc2F)CC1)c1cccs1. The molecule has 1 aromatic carbocycles. The first-order valence-corrected chi connectivity index (χ1v) is 9.12. The second kappa shape index (κ2) is 8.11. The summed E-state index contributed by atoms with van der Waals surface area (Å²) < 4.78 is 13.8. The van der Waals surface area contributed by atoms with E-state index >= 15 is 0 Å². The predicted molar refractivity (Wildman–Crippen MR) is 96.5 cm³/mol. The van der Waals surface area contributed by atoms with Crippen molar-refractivity contribution in [3.63, 3.8) is 0 Å². The number of hydrogen-bond acceptors (Lipinski definition) is 4. The summed E-state index contributed by atoms with van der Waals surface area (Å²) >= 11 is 1.37. The van der Waals surface area contributed by atoms with Gasteiger partial charge in [0.15, 0.2) is 0 Å². The third-order valence-electron chi connectivity index (χ3n) is 4.19. The van der Waals surface area contributed by atoms with Gasteiger partial charge in [0.25, 0.3) is 5.91 Å². The minimum Gasteiger partial charge on any atom is -0.366 e. The number of halogens is 1. The third-order valence-corrected chi connectivity index (χ3v) is 5.06. The van der Waals surface area contributed by atoms with E-state index in [-0.39, 0.29) is 24.1 Å². The first-order chi connectivity index (χ1) is 12.1. The quantitative estimate of drug-likeness (QED) is 0.890. The first kappa shape index (κ1) is 17.4. The highest BCUT2D eigenvalue weighted by Gasteiger charge is 2.22. The standard InChI is InChI=1S/C18H20FN3O2S/c19-14-4-1-2-5-15(14)21-9-11-22(12-10-21)17(23)7-8-20-18(24)16-6-3-13-25-16/h1-6,13H,7-12H2,(H,20,24). The average molecular weight is 361 g/mol. The molecule has 132 valence electrons. The lowest BCUT2D eigenvalue weighted by Gasteiger charge is -2.36. The number of anilines is 1. The molecule has 0 spiro atoms. The lowest BCUT2D eigenvalue weighted by atomic mass is 10.2. The molecule has 25 heavy (non-hydrogen) atoms. The van der Waals surface area contributed by atoms with Crippen molar-refractivity contribution in [3.8, 4) is 0 Å². The van der Waals surface area contributed by atoms with Gasteiger partial charge in [-0.2, -0.15) is 0 Å². The van der Waals surface area contributed by atoms with Gasteiger partial charge in [0.05, 0.1) is 10.6 Å². The number of carbonyl (C=O) groups is 2. The monoisotopic (exact) mass is 361 g/mol. The summed E-state index contributed by atoms with van der Waals surface area (Å²) in [6.45, 7) is 2.66. The molecule has 1 N–H and O–H groups in total. The first-order valence-electron chi connectivity index (χ1n) is 8.24. The molecule has 1 aromatic heterocycles. The van der Waals surface area contributed by atoms with Crippen LogP contribution in [-0.2, 0) is 4.79 Å². The van der Waals surface area contributed by atoms with E-state index in [2.05, 4.69) is 5.32 Å². The van der Waals surface area contributed by atoms with Crippen molar-refractivity contribution in [2.24, 2.45) is 0 Å². The third kappa shape index (κ3) is 4.36. The van der Waals surface area contributed by atoms with Gasteiger partial charge in [-0.1, -0.05) is 18.2 Å². The van der Waals surface area contributed by atoms with Crippen LogP contribution in [0, 0.1) is 5.82 Å². The minimum absolute atomic E-state index is 0.0136. The number of nitrogens with one attached hydrogen (secondary N) is 1. The molecule has 1 fully saturated rings. The van der Waals surface area contributed by atoms with Gasteiger partial charge >= 0.3 is 0 Å². The normalized spacial score (nSPS) is 14.4. The smallest absolute Gasteiger partial charge is 0.261 e. The van der Waals surface area contributed by atoms with Crippen LogP contribution in [0.4, 0.5) is 10.1 Å². The summed E-state index contributed by atoms with van der Waals surface area (Å²) in [6.07, 6.45) is 0.275. The van der Waals surface area contributed by atoms with Crippen LogP contribution in [0.25, 0.3) is 0 Å². The topological polar surface area (TPSA) is 52.7 Å². The van der Waals surface area contributed by atoms with Gasteiger partial charge < -0.3 is 15.1 Å². The molecule has 2 aromatic rings. The fourth-order valence-electron chi connectivity index (χ4n) is 2.84. The molecule has 0 unspecified atom stereocenters. The van der Waals surface area contributed by atoms with Gasteiger partial charge in [0.1, 0.15) is 5.82 Å². The maximum Gasteiger partial charge on any atom is 0.261 e. The average Bonchev–Trinajstić information content (AvgIpc) is 3.17. The summed E-state index contributed by atoms with van der Waals surface area (Å²) in [5.74, 6) is -0.370. The molecule has 2 heterocycles. The van der Waals surface area contributed by atoms with E-state index in [0.29, 0.717) is 43.3 Å². The van der Waals surface area contributed by atoms with E-state index in [0.717, 1.165) is 0 Å². The summed E-state index contributed by atoms with van der Waals surface area (Å²) in [5.41, 5.74) is 0.581. The Morgan fingerprint density at radius 2 is 1.84 bits per heavy atom. The summed E-state index contributed by atoms with van der Waals surface area (Å²) in [6, 6.07) is 10.3. The Bertz CT molecular complexity index is 728. The Balaban J connectivity index is 1.42. The number of carbonyl (C=O) groups excluding carboxylic acids is 2. The summed E-state index contributed by atoms with van der Waals surface area (Å²) in [4.78, 5) is 28.5. The van der Waals surface area contributed by atoms with Crippen molar-refractivity contribution in [2.75, 3.05) is 37.6 Å². The van der Waals surface area contributed by atoms with Gasteiger partial charge in [-0.05, 0) is 23.6 Å². The van der Waals surface area contributed by atoms with Crippen molar-refractivity contribution >= 4 is 28.8 Å². The van der Waals surface area contributed by atoms with Crippen LogP contribution >= 0.6 is 11.3 Å². The number of nitrogens with zero attached hydrogens (tertiary/aromatic N) is 2. The molecule has 0 atom stereocenters. The van der Waals surface area contributed by atoms with Gasteiger partial charge in [-0.15, -0.1) is 11.3 Å². The highest BCUT2D eigenvalue weighted by Crippen LogP contribution is 2.20. The van der Waals surface area contributed by atoms with E-state index in [4.69, 9.17) is 0 Å². The fourth-order valence-corrected chi connectivity index (χ4v) is 3.48. The highest BCUT2D eigenvalue weighted by atomic mass is 32.1. The summed E-state index contributed by atoms with van der Waals surface area (Å²) in [7, 11) is 0. The number of benzene rings is 1. The highest BCUT2D eigenvalue weighted by molar-refractivity contribution is 7.12. The van der Waals surface area contributed by atoms with Gasteiger partial charge in [0, 0.05) is 39.1 Å². The van der Waals surface area contributed by atoms with E-state index in [9.17, 15) is 14.0 Å². The Kier molecular flexibility index (Phi) is 5.65. The lowest BCUT2D eigenvalue weighted by Crippen LogP contribution is -2.49. The Morgan fingerprint density at radius 1 is 1.08 bits per heavy atom. The molecule has 3 rings (SSSR count). The lowest BCUT2D eigenvalue weighted by molar-refractivity contribution is -0.131. The number of piperazine rings is 1. The van der Waals surface area contributed by atoms with Crippen molar-refractivity contribution in [2.45, 2.75) is 6.42 Å². The van der Waals surface area contributed by atoms with E-state index < -0.39 is 0 Å². The number of para-hydroxylation sites is 1. The molecular formula is C18H20FN3O2S. The summed E-state index contributed by atoms with van der Waals surface area (Å²) in [5, 5.41) is 4.60. The zero-order valence-corrected chi connectivity index (χ0v) is 14.6. The van der Waals surface area contributed by atoms with Gasteiger partial charge in [-0.25, -0.2) is 4.39 Å². The Hall–Kier alpha value is -2.41. The number of hydrogen-bond donors (Lipinski definition) is 1. The van der Waals surface area contributed by atoms with Gasteiger partial charge in [0.2, 0.25) is 5.91 Å². The minimum atomic E-state index is -0.237. The second-order valence-electron chi connectivity index (χ2n) is 5.80. The van der Waals surface area contributed by atoms with Crippen LogP contribution in [0.1, 0.15) is 16.1 Å². The van der Waals surface area contributed by atoms with Crippen LogP contribution < -0.4 is 10.2 Å². The maximum atomic E-state index is 13.8. The Morgan fingerprint density at radius 3 is 2.52 bits per heavy atom. The molecule has 0 bridgehead atoms. The molecule has 7 heteroatoms. The van der Waals surface area contributed by atoms with Crippen LogP contribution in [0.15, 0.2) is 41.8 Å². The zero-order chi connectivity index (χ0) is 17.6. The number of rotatable bonds is 5. The van der Waals surface area contributed by atoms with Crippen molar-refractivity contribution in [3.05, 3.63) is 52.5 Å². The molecular weight excluding hydrogens is 341 g/mol. The predicted octanol–water partition coefficient (Wildman–Crippen LogP) is 2.36.